The number of nitrogens with zero attached hydrogens (tertiary/aromatic N) is 3. The van der Waals surface area contributed by atoms with E-state index in [1.807, 2.05) is 104 Å². The van der Waals surface area contributed by atoms with Gasteiger partial charge >= 0.3 is 0 Å². The van der Waals surface area contributed by atoms with E-state index in [0.29, 0.717) is 10.7 Å². The lowest BCUT2D eigenvalue weighted by molar-refractivity contribution is 0.0989. The molecule has 3 aromatic carbocycles. The second kappa shape index (κ2) is 8.67. The molecule has 0 radical (unpaired) electrons. The first-order valence-electron chi connectivity index (χ1n) is 9.84. The fraction of sp³-hybridized carbons (Fsp3) is 0.160. The Balaban J connectivity index is 1.75. The highest BCUT2D eigenvalue weighted by molar-refractivity contribution is 8.00. The summed E-state index contributed by atoms with van der Waals surface area (Å²) in [6, 6.07) is 25.8. The summed E-state index contributed by atoms with van der Waals surface area (Å²) in [6.45, 7) is 5.99. The van der Waals surface area contributed by atoms with Gasteiger partial charge in [-0.25, -0.2) is 0 Å². The SMILES string of the molecule is Cc1ccc(C(=O)[C@H](Sc2nnc(C)n2-c2ccccc2)c2ccc(C)cc2)cc1. The zero-order chi connectivity index (χ0) is 21.1. The van der Waals surface area contributed by atoms with Gasteiger partial charge in [-0.05, 0) is 38.5 Å². The molecule has 0 aliphatic carbocycles. The Bertz CT molecular complexity index is 1150. The average Bonchev–Trinajstić information content (AvgIpc) is 3.13. The van der Waals surface area contributed by atoms with Crippen molar-refractivity contribution in [2.45, 2.75) is 31.2 Å². The van der Waals surface area contributed by atoms with Crippen molar-refractivity contribution in [1.29, 1.82) is 0 Å². The maximum atomic E-state index is 13.5. The summed E-state index contributed by atoms with van der Waals surface area (Å²) in [5.41, 5.74) is 4.92. The normalized spacial score (nSPS) is 12.0. The van der Waals surface area contributed by atoms with E-state index in [0.717, 1.165) is 28.2 Å². The fourth-order valence-corrected chi connectivity index (χ4v) is 4.46. The minimum absolute atomic E-state index is 0.0594. The van der Waals surface area contributed by atoms with E-state index in [1.165, 1.54) is 11.8 Å². The van der Waals surface area contributed by atoms with Crippen molar-refractivity contribution < 1.29 is 4.79 Å². The largest absolute Gasteiger partial charge is 0.293 e. The van der Waals surface area contributed by atoms with E-state index >= 15 is 0 Å². The molecule has 0 N–H and O–H groups in total. The number of thioether (sulfide) groups is 1. The number of ketones is 1. The van der Waals surface area contributed by atoms with Crippen molar-refractivity contribution in [3.63, 3.8) is 0 Å². The van der Waals surface area contributed by atoms with Crippen LogP contribution in [0.5, 0.6) is 0 Å². The summed E-state index contributed by atoms with van der Waals surface area (Å²) in [7, 11) is 0. The summed E-state index contributed by atoms with van der Waals surface area (Å²) < 4.78 is 1.99. The third-order valence-electron chi connectivity index (χ3n) is 4.99. The Kier molecular flexibility index (Phi) is 5.81. The molecule has 0 amide bonds. The molecule has 4 aromatic rings. The molecule has 0 aliphatic rings. The van der Waals surface area contributed by atoms with Crippen molar-refractivity contribution in [3.8, 4) is 5.69 Å². The molecule has 0 bridgehead atoms. The zero-order valence-corrected chi connectivity index (χ0v) is 18.1. The third-order valence-corrected chi connectivity index (χ3v) is 6.18. The van der Waals surface area contributed by atoms with E-state index in [-0.39, 0.29) is 5.78 Å². The van der Waals surface area contributed by atoms with Crippen molar-refractivity contribution >= 4 is 17.5 Å². The van der Waals surface area contributed by atoms with Gasteiger partial charge in [-0.3, -0.25) is 9.36 Å². The molecular formula is C25H23N3OS. The van der Waals surface area contributed by atoms with E-state index in [1.54, 1.807) is 0 Å². The van der Waals surface area contributed by atoms with E-state index in [2.05, 4.69) is 10.2 Å². The monoisotopic (exact) mass is 413 g/mol. The van der Waals surface area contributed by atoms with Crippen molar-refractivity contribution in [2.24, 2.45) is 0 Å². The molecule has 0 saturated carbocycles. The first-order valence-corrected chi connectivity index (χ1v) is 10.7. The highest BCUT2D eigenvalue weighted by Gasteiger charge is 2.26. The first kappa shape index (κ1) is 20.1. The van der Waals surface area contributed by atoms with Gasteiger partial charge in [-0.15, -0.1) is 10.2 Å². The second-order valence-electron chi connectivity index (χ2n) is 7.34. The van der Waals surface area contributed by atoms with Gasteiger partial charge < -0.3 is 0 Å². The first-order chi connectivity index (χ1) is 14.5. The number of benzene rings is 3. The Morgan fingerprint density at radius 1 is 0.800 bits per heavy atom. The van der Waals surface area contributed by atoms with Gasteiger partial charge in [-0.2, -0.15) is 0 Å². The number of aryl methyl sites for hydroxylation is 3. The molecule has 4 rings (SSSR count). The van der Waals surface area contributed by atoms with Crippen LogP contribution in [0.2, 0.25) is 0 Å². The maximum absolute atomic E-state index is 13.5. The van der Waals surface area contributed by atoms with Crippen LogP contribution < -0.4 is 0 Å². The molecule has 0 fully saturated rings. The van der Waals surface area contributed by atoms with Crippen LogP contribution in [0.3, 0.4) is 0 Å². The van der Waals surface area contributed by atoms with Gasteiger partial charge in [0.15, 0.2) is 10.9 Å². The number of aromatic nitrogens is 3. The van der Waals surface area contributed by atoms with Crippen molar-refractivity contribution in [2.75, 3.05) is 0 Å². The Labute approximate surface area is 181 Å². The quantitative estimate of drug-likeness (QED) is 0.291. The highest BCUT2D eigenvalue weighted by atomic mass is 32.2. The van der Waals surface area contributed by atoms with Gasteiger partial charge in [0.05, 0.1) is 0 Å². The molecule has 0 unspecified atom stereocenters. The number of para-hydroxylation sites is 1. The molecular weight excluding hydrogens is 390 g/mol. The molecule has 1 heterocycles. The lowest BCUT2D eigenvalue weighted by Crippen LogP contribution is -2.11. The van der Waals surface area contributed by atoms with Crippen LogP contribution in [-0.2, 0) is 0 Å². The van der Waals surface area contributed by atoms with Crippen molar-refractivity contribution in [3.05, 3.63) is 107 Å². The summed E-state index contributed by atoms with van der Waals surface area (Å²) in [6.07, 6.45) is 0. The van der Waals surface area contributed by atoms with Crippen molar-refractivity contribution in [1.82, 2.24) is 14.8 Å². The minimum Gasteiger partial charge on any atom is -0.293 e. The molecule has 1 aromatic heterocycles. The molecule has 0 aliphatic heterocycles. The van der Waals surface area contributed by atoms with Crippen LogP contribution in [0.4, 0.5) is 0 Å². The van der Waals surface area contributed by atoms with E-state index in [4.69, 9.17) is 0 Å². The smallest absolute Gasteiger partial charge is 0.196 e. The Hall–Kier alpha value is -3.18. The molecule has 0 saturated heterocycles. The summed E-state index contributed by atoms with van der Waals surface area (Å²) in [5, 5.41) is 8.95. The van der Waals surface area contributed by atoms with Gasteiger partial charge in [0, 0.05) is 11.3 Å². The molecule has 30 heavy (non-hydrogen) atoms. The van der Waals surface area contributed by atoms with E-state index < -0.39 is 5.25 Å². The number of hydrogen-bond donors (Lipinski definition) is 0. The van der Waals surface area contributed by atoms with Gasteiger partial charge in [0.25, 0.3) is 0 Å². The average molecular weight is 414 g/mol. The number of carbonyl (C=O) groups excluding carboxylic acids is 1. The molecule has 1 atom stereocenters. The predicted octanol–water partition coefficient (Wildman–Crippen LogP) is 5.91. The third kappa shape index (κ3) is 4.21. The summed E-state index contributed by atoms with van der Waals surface area (Å²) in [5.74, 6) is 0.846. The fourth-order valence-electron chi connectivity index (χ4n) is 3.28. The number of hydrogen-bond acceptors (Lipinski definition) is 4. The molecule has 0 spiro atoms. The Morgan fingerprint density at radius 2 is 1.40 bits per heavy atom. The minimum atomic E-state index is -0.417. The highest BCUT2D eigenvalue weighted by Crippen LogP contribution is 2.38. The lowest BCUT2D eigenvalue weighted by atomic mass is 10.0. The van der Waals surface area contributed by atoms with Gasteiger partial charge in [0.2, 0.25) is 0 Å². The van der Waals surface area contributed by atoms with Gasteiger partial charge in [-0.1, -0.05) is 89.6 Å². The molecule has 5 heteroatoms. The molecule has 150 valence electrons. The maximum Gasteiger partial charge on any atom is 0.196 e. The van der Waals surface area contributed by atoms with Crippen LogP contribution >= 0.6 is 11.8 Å². The topological polar surface area (TPSA) is 47.8 Å². The van der Waals surface area contributed by atoms with E-state index in [9.17, 15) is 4.79 Å². The predicted molar refractivity (Wildman–Crippen MR) is 121 cm³/mol. The van der Waals surface area contributed by atoms with Crippen LogP contribution in [0.1, 0.15) is 38.1 Å². The van der Waals surface area contributed by atoms with Crippen LogP contribution in [0.25, 0.3) is 5.69 Å². The number of carbonyl (C=O) groups is 1. The zero-order valence-electron chi connectivity index (χ0n) is 17.2. The molecule has 4 nitrogen and oxygen atoms in total. The Morgan fingerprint density at radius 3 is 2.03 bits per heavy atom. The summed E-state index contributed by atoms with van der Waals surface area (Å²) >= 11 is 1.44. The second-order valence-corrected chi connectivity index (χ2v) is 8.41. The van der Waals surface area contributed by atoms with Crippen LogP contribution in [-0.4, -0.2) is 20.5 Å². The summed E-state index contributed by atoms with van der Waals surface area (Å²) in [4.78, 5) is 13.5. The lowest BCUT2D eigenvalue weighted by Gasteiger charge is -2.17. The van der Waals surface area contributed by atoms with Gasteiger partial charge in [0.1, 0.15) is 11.1 Å². The van der Waals surface area contributed by atoms with Crippen LogP contribution in [0.15, 0.2) is 84.0 Å². The number of Topliss-reactive ketones (excluding diaryl/α,β-unsaturated/α-hetero) is 1. The number of rotatable bonds is 6. The van der Waals surface area contributed by atoms with Crippen LogP contribution in [0, 0.1) is 20.8 Å². The standard InChI is InChI=1S/C25H23N3OS/c1-17-9-13-20(14-10-17)23(29)24(21-15-11-18(2)12-16-21)30-25-27-26-19(3)28(25)22-7-5-4-6-8-22/h4-16,24H,1-3H3/t24-/m1/s1.